The quantitative estimate of drug-likeness (QED) is 0.189. The highest BCUT2D eigenvalue weighted by Crippen LogP contribution is 2.20. The number of thioether (sulfide) groups is 1. The third-order valence-electron chi connectivity index (χ3n) is 4.23. The largest absolute Gasteiger partial charge is 0.550 e. The molecule has 4 atom stereocenters. The number of allylic oxidation sites excluding steroid dienone is 8. The van der Waals surface area contributed by atoms with Crippen molar-refractivity contribution >= 4 is 23.7 Å². The number of carboxylic acid groups (broad SMARTS) is 2. The normalized spacial score (nSPS) is 16.6. The first-order chi connectivity index (χ1) is 15.8. The van der Waals surface area contributed by atoms with Crippen molar-refractivity contribution < 1.29 is 35.7 Å². The molecule has 0 aliphatic heterocycles. The van der Waals surface area contributed by atoms with E-state index in [4.69, 9.17) is 0 Å². The van der Waals surface area contributed by atoms with E-state index in [1.807, 2.05) is 19.1 Å². The molecule has 0 aromatic rings. The fourth-order valence-electron chi connectivity index (χ4n) is 2.38. The first-order valence-electron chi connectivity index (χ1n) is 11.0. The van der Waals surface area contributed by atoms with Crippen molar-refractivity contribution in [3.63, 3.8) is 0 Å². The lowest BCUT2D eigenvalue weighted by Gasteiger charge is -2.19. The zero-order valence-electron chi connectivity index (χ0n) is 19.1. The molecule has 8 heteroatoms. The lowest BCUT2D eigenvalue weighted by Crippen LogP contribution is -2.69. The molecule has 0 aliphatic carbocycles. The SMILES string of the molecule is CC/C=C\C[C@H](O)/C=C/C=C\C=CC=C[C@H](SC[C@H]([NH3+])C(=O)[O-])[C@H](O)C/C=C\CCC(=O)[O-]. The van der Waals surface area contributed by atoms with Crippen molar-refractivity contribution in [2.24, 2.45) is 0 Å². The molecule has 0 amide bonds. The highest BCUT2D eigenvalue weighted by molar-refractivity contribution is 8.00. The molecule has 0 saturated heterocycles. The van der Waals surface area contributed by atoms with Crippen LogP contribution in [0.2, 0.25) is 0 Å². The second-order valence-corrected chi connectivity index (χ2v) is 8.43. The van der Waals surface area contributed by atoms with Gasteiger partial charge in [-0.1, -0.05) is 79.8 Å². The first-order valence-corrected chi connectivity index (χ1v) is 12.0. The maximum absolute atomic E-state index is 10.9. The van der Waals surface area contributed by atoms with E-state index in [9.17, 15) is 30.0 Å². The Morgan fingerprint density at radius 1 is 0.909 bits per heavy atom. The maximum Gasteiger partial charge on any atom is 0.134 e. The average Bonchev–Trinajstić information content (AvgIpc) is 2.76. The van der Waals surface area contributed by atoms with Crippen LogP contribution in [0.15, 0.2) is 72.9 Å². The number of carbonyl (C=O) groups excluding carboxylic acids is 2. The molecule has 0 saturated carbocycles. The number of carbonyl (C=O) groups is 2. The van der Waals surface area contributed by atoms with Crippen LogP contribution in [0.1, 0.15) is 39.0 Å². The van der Waals surface area contributed by atoms with E-state index in [1.54, 1.807) is 60.8 Å². The summed E-state index contributed by atoms with van der Waals surface area (Å²) in [6.07, 6.45) is 22.3. The van der Waals surface area contributed by atoms with Crippen LogP contribution >= 0.6 is 11.8 Å². The molecular formula is C25H36NO6S-. The summed E-state index contributed by atoms with van der Waals surface area (Å²) in [7, 11) is 0. The lowest BCUT2D eigenvalue weighted by atomic mass is 10.1. The number of aliphatic hydroxyl groups is 2. The lowest BCUT2D eigenvalue weighted by molar-refractivity contribution is -0.431. The molecule has 0 fully saturated rings. The smallest absolute Gasteiger partial charge is 0.134 e. The number of aliphatic carboxylic acids is 2. The summed E-state index contributed by atoms with van der Waals surface area (Å²) in [5.74, 6) is -2.18. The Hall–Kier alpha value is -2.39. The second kappa shape index (κ2) is 20.2. The molecule has 33 heavy (non-hydrogen) atoms. The van der Waals surface area contributed by atoms with E-state index >= 15 is 0 Å². The highest BCUT2D eigenvalue weighted by Gasteiger charge is 2.18. The van der Waals surface area contributed by atoms with Crippen LogP contribution in [-0.2, 0) is 9.59 Å². The Bertz CT molecular complexity index is 726. The van der Waals surface area contributed by atoms with E-state index in [0.29, 0.717) is 19.3 Å². The van der Waals surface area contributed by atoms with Crippen LogP contribution in [0.25, 0.3) is 0 Å². The van der Waals surface area contributed by atoms with Crippen LogP contribution in [0.3, 0.4) is 0 Å². The Balaban J connectivity index is 4.75. The molecule has 0 heterocycles. The zero-order valence-corrected chi connectivity index (χ0v) is 19.9. The summed E-state index contributed by atoms with van der Waals surface area (Å²) in [6, 6.07) is -0.894. The monoisotopic (exact) mass is 478 g/mol. The molecule has 0 aliphatic rings. The molecule has 0 unspecified atom stereocenters. The van der Waals surface area contributed by atoms with Gasteiger partial charge in [-0.2, -0.15) is 0 Å². The average molecular weight is 479 g/mol. The first kappa shape index (κ1) is 30.6. The molecule has 7 nitrogen and oxygen atoms in total. The Morgan fingerprint density at radius 2 is 1.52 bits per heavy atom. The molecule has 0 rings (SSSR count). The summed E-state index contributed by atoms with van der Waals surface area (Å²) < 4.78 is 0. The fourth-order valence-corrected chi connectivity index (χ4v) is 3.51. The van der Waals surface area contributed by atoms with Gasteiger partial charge in [0.2, 0.25) is 0 Å². The third kappa shape index (κ3) is 18.8. The van der Waals surface area contributed by atoms with Gasteiger partial charge in [-0.15, -0.1) is 11.8 Å². The van der Waals surface area contributed by atoms with Crippen LogP contribution in [0, 0.1) is 0 Å². The van der Waals surface area contributed by atoms with Crippen molar-refractivity contribution in [3.8, 4) is 0 Å². The highest BCUT2D eigenvalue weighted by atomic mass is 32.2. The van der Waals surface area contributed by atoms with E-state index in [1.165, 1.54) is 11.8 Å². The molecular weight excluding hydrogens is 442 g/mol. The number of hydrogen-bond acceptors (Lipinski definition) is 7. The van der Waals surface area contributed by atoms with Crippen LogP contribution in [0.4, 0.5) is 0 Å². The topological polar surface area (TPSA) is 148 Å². The van der Waals surface area contributed by atoms with Gasteiger partial charge in [0.1, 0.15) is 6.04 Å². The molecule has 0 spiro atoms. The second-order valence-electron chi connectivity index (χ2n) is 7.22. The Labute approximate surface area is 200 Å². The predicted molar refractivity (Wildman–Crippen MR) is 129 cm³/mol. The van der Waals surface area contributed by atoms with E-state index in [-0.39, 0.29) is 17.4 Å². The minimum Gasteiger partial charge on any atom is -0.550 e. The standard InChI is InChI=1S/C25H37NO6S/c1-2-3-9-14-20(27)15-10-6-4-5-7-12-17-23(33-19-21(26)25(31)32)22(28)16-11-8-13-18-24(29)30/h3-12,15,17,20-23,27-28H,2,13-14,16,18-19,26H2,1H3,(H,29,30)(H,31,32)/p-1/b6-4-,7-5?,9-3-,11-8-,15-10+,17-12?/t20-,21-,22+,23-/m0/s1. The molecule has 184 valence electrons. The van der Waals surface area contributed by atoms with Gasteiger partial charge in [-0.05, 0) is 32.1 Å². The van der Waals surface area contributed by atoms with Gasteiger partial charge in [-0.3, -0.25) is 0 Å². The summed E-state index contributed by atoms with van der Waals surface area (Å²) in [5, 5.41) is 41.2. The summed E-state index contributed by atoms with van der Waals surface area (Å²) in [4.78, 5) is 21.3. The van der Waals surface area contributed by atoms with Gasteiger partial charge in [-0.25, -0.2) is 0 Å². The Kier molecular flexibility index (Phi) is 18.8. The van der Waals surface area contributed by atoms with Gasteiger partial charge in [0.05, 0.1) is 23.9 Å². The third-order valence-corrected chi connectivity index (χ3v) is 5.68. The van der Waals surface area contributed by atoms with Crippen molar-refractivity contribution in [1.29, 1.82) is 0 Å². The minimum absolute atomic E-state index is 0.0815. The number of aliphatic hydroxyl groups excluding tert-OH is 2. The van der Waals surface area contributed by atoms with Crippen molar-refractivity contribution in [2.75, 3.05) is 5.75 Å². The van der Waals surface area contributed by atoms with Crippen molar-refractivity contribution in [1.82, 2.24) is 0 Å². The molecule has 0 aromatic carbocycles. The predicted octanol–water partition coefficient (Wildman–Crippen LogP) is 0.228. The van der Waals surface area contributed by atoms with Gasteiger partial charge >= 0.3 is 0 Å². The number of carboxylic acids is 2. The fraction of sp³-hybridized carbons (Fsp3) is 0.440. The summed E-state index contributed by atoms with van der Waals surface area (Å²) in [6.45, 7) is 2.04. The molecule has 0 radical (unpaired) electrons. The van der Waals surface area contributed by atoms with E-state index in [0.717, 1.165) is 6.42 Å². The van der Waals surface area contributed by atoms with Crippen LogP contribution in [-0.4, -0.2) is 51.4 Å². The van der Waals surface area contributed by atoms with E-state index < -0.39 is 30.2 Å². The summed E-state index contributed by atoms with van der Waals surface area (Å²) >= 11 is 1.26. The van der Waals surface area contributed by atoms with Gasteiger partial charge in [0.15, 0.2) is 0 Å². The Morgan fingerprint density at radius 3 is 2.12 bits per heavy atom. The minimum atomic E-state index is -1.24. The summed E-state index contributed by atoms with van der Waals surface area (Å²) in [5.41, 5.74) is 3.53. The van der Waals surface area contributed by atoms with Gasteiger partial charge < -0.3 is 35.7 Å². The number of hydrogen-bond donors (Lipinski definition) is 3. The van der Waals surface area contributed by atoms with Crippen molar-refractivity contribution in [3.05, 3.63) is 72.9 Å². The maximum atomic E-state index is 10.9. The number of rotatable bonds is 18. The molecule has 5 N–H and O–H groups in total. The zero-order chi connectivity index (χ0) is 24.9. The van der Waals surface area contributed by atoms with Gasteiger partial charge in [0.25, 0.3) is 0 Å². The van der Waals surface area contributed by atoms with Crippen molar-refractivity contribution in [2.45, 2.75) is 62.5 Å². The molecule has 0 bridgehead atoms. The van der Waals surface area contributed by atoms with E-state index in [2.05, 4.69) is 5.73 Å². The van der Waals surface area contributed by atoms with Crippen LogP contribution < -0.4 is 15.9 Å². The van der Waals surface area contributed by atoms with Crippen LogP contribution in [0.5, 0.6) is 0 Å². The van der Waals surface area contributed by atoms with Gasteiger partial charge in [0, 0.05) is 11.2 Å². The number of quaternary nitrogens is 1. The molecule has 0 aromatic heterocycles.